The SMILES string of the molecule is CCC(C)CCC(CC)Oc1cc(C2CN(C)CC2(C)CC)ccc1OC. The zero-order valence-corrected chi connectivity index (χ0v) is 18.7. The van der Waals surface area contributed by atoms with Crippen LogP contribution in [-0.4, -0.2) is 38.3 Å². The predicted molar refractivity (Wildman–Crippen MR) is 115 cm³/mol. The van der Waals surface area contributed by atoms with Crippen LogP contribution >= 0.6 is 0 Å². The summed E-state index contributed by atoms with van der Waals surface area (Å²) in [6.07, 6.45) is 6.04. The Hall–Kier alpha value is -1.22. The third-order valence-electron chi connectivity index (χ3n) is 6.79. The van der Waals surface area contributed by atoms with Crippen LogP contribution in [0.2, 0.25) is 0 Å². The summed E-state index contributed by atoms with van der Waals surface area (Å²) < 4.78 is 12.1. The van der Waals surface area contributed by atoms with E-state index in [-0.39, 0.29) is 6.10 Å². The third-order valence-corrected chi connectivity index (χ3v) is 6.79. The minimum absolute atomic E-state index is 0.256. The topological polar surface area (TPSA) is 21.7 Å². The lowest BCUT2D eigenvalue weighted by molar-refractivity contribution is 0.169. The number of nitrogens with zero attached hydrogens (tertiary/aromatic N) is 1. The van der Waals surface area contributed by atoms with Gasteiger partial charge in [-0.3, -0.25) is 0 Å². The minimum Gasteiger partial charge on any atom is -0.493 e. The zero-order chi connectivity index (χ0) is 20.0. The molecule has 1 heterocycles. The van der Waals surface area contributed by atoms with E-state index in [9.17, 15) is 0 Å². The molecular weight excluding hydrogens is 334 g/mol. The van der Waals surface area contributed by atoms with Gasteiger partial charge in [0.2, 0.25) is 0 Å². The maximum Gasteiger partial charge on any atom is 0.161 e. The number of hydrogen-bond donors (Lipinski definition) is 0. The van der Waals surface area contributed by atoms with E-state index in [2.05, 4.69) is 64.8 Å². The van der Waals surface area contributed by atoms with Crippen molar-refractivity contribution < 1.29 is 9.47 Å². The normalized spacial score (nSPS) is 25.4. The number of likely N-dealkylation sites (N-methyl/N-ethyl adjacent to an activating group) is 1. The molecule has 1 aromatic rings. The smallest absolute Gasteiger partial charge is 0.161 e. The van der Waals surface area contributed by atoms with Crippen molar-refractivity contribution in [3.05, 3.63) is 23.8 Å². The second kappa shape index (κ2) is 9.82. The molecule has 1 aromatic carbocycles. The summed E-state index contributed by atoms with van der Waals surface area (Å²) in [5.74, 6) is 3.07. The molecule has 1 aliphatic heterocycles. The van der Waals surface area contributed by atoms with Gasteiger partial charge < -0.3 is 14.4 Å². The Bertz CT molecular complexity index is 588. The fourth-order valence-corrected chi connectivity index (χ4v) is 4.39. The molecule has 154 valence electrons. The van der Waals surface area contributed by atoms with E-state index in [1.54, 1.807) is 7.11 Å². The number of rotatable bonds is 10. The maximum absolute atomic E-state index is 6.47. The Labute approximate surface area is 167 Å². The highest BCUT2D eigenvalue weighted by atomic mass is 16.5. The molecule has 0 bridgehead atoms. The highest BCUT2D eigenvalue weighted by Crippen LogP contribution is 2.46. The van der Waals surface area contributed by atoms with Crippen molar-refractivity contribution in [1.82, 2.24) is 4.90 Å². The van der Waals surface area contributed by atoms with Crippen molar-refractivity contribution in [2.45, 2.75) is 78.7 Å². The van der Waals surface area contributed by atoms with Gasteiger partial charge in [0, 0.05) is 19.0 Å². The van der Waals surface area contributed by atoms with Crippen molar-refractivity contribution in [2.24, 2.45) is 11.3 Å². The summed E-state index contributed by atoms with van der Waals surface area (Å²) in [7, 11) is 3.97. The molecule has 3 nitrogen and oxygen atoms in total. The van der Waals surface area contributed by atoms with Crippen LogP contribution in [0.4, 0.5) is 0 Å². The quantitative estimate of drug-likeness (QED) is 0.491. The van der Waals surface area contributed by atoms with Gasteiger partial charge in [0.05, 0.1) is 13.2 Å². The van der Waals surface area contributed by atoms with Crippen LogP contribution < -0.4 is 9.47 Å². The van der Waals surface area contributed by atoms with Crippen LogP contribution in [0.3, 0.4) is 0 Å². The van der Waals surface area contributed by atoms with Gasteiger partial charge in [0.15, 0.2) is 11.5 Å². The molecule has 0 spiro atoms. The summed E-state index contributed by atoms with van der Waals surface area (Å²) in [6.45, 7) is 13.8. The van der Waals surface area contributed by atoms with E-state index in [1.165, 1.54) is 24.8 Å². The number of benzene rings is 1. The first-order valence-corrected chi connectivity index (χ1v) is 10.9. The van der Waals surface area contributed by atoms with Gasteiger partial charge in [0.1, 0.15) is 0 Å². The molecule has 0 amide bonds. The van der Waals surface area contributed by atoms with Gasteiger partial charge in [-0.2, -0.15) is 0 Å². The van der Waals surface area contributed by atoms with Crippen LogP contribution in [0.1, 0.15) is 78.2 Å². The van der Waals surface area contributed by atoms with Crippen molar-refractivity contribution in [2.75, 3.05) is 27.2 Å². The molecule has 3 heteroatoms. The zero-order valence-electron chi connectivity index (χ0n) is 18.7. The number of hydrogen-bond acceptors (Lipinski definition) is 3. The first-order valence-electron chi connectivity index (χ1n) is 10.9. The lowest BCUT2D eigenvalue weighted by Crippen LogP contribution is -2.24. The summed E-state index contributed by atoms with van der Waals surface area (Å²) in [5, 5.41) is 0. The number of ether oxygens (including phenoxy) is 2. The first-order chi connectivity index (χ1) is 12.9. The molecule has 27 heavy (non-hydrogen) atoms. The molecule has 0 radical (unpaired) electrons. The Morgan fingerprint density at radius 3 is 2.48 bits per heavy atom. The molecule has 0 N–H and O–H groups in total. The van der Waals surface area contributed by atoms with E-state index in [1.807, 2.05) is 0 Å². The Kier molecular flexibility index (Phi) is 8.03. The summed E-state index contributed by atoms with van der Waals surface area (Å²) >= 11 is 0. The van der Waals surface area contributed by atoms with Crippen LogP contribution in [-0.2, 0) is 0 Å². The Balaban J connectivity index is 2.21. The van der Waals surface area contributed by atoms with E-state index in [0.29, 0.717) is 11.3 Å². The molecule has 4 unspecified atom stereocenters. The summed E-state index contributed by atoms with van der Waals surface area (Å²) in [6, 6.07) is 6.59. The Morgan fingerprint density at radius 1 is 1.15 bits per heavy atom. The van der Waals surface area contributed by atoms with Gasteiger partial charge in [-0.15, -0.1) is 0 Å². The third kappa shape index (κ3) is 5.40. The highest BCUT2D eigenvalue weighted by molar-refractivity contribution is 5.45. The lowest BCUT2D eigenvalue weighted by Gasteiger charge is -2.30. The average Bonchev–Trinajstić information content (AvgIpc) is 2.99. The standard InChI is InChI=1S/C24H41NO2/c1-8-18(4)11-13-20(9-2)27-23-15-19(12-14-22(23)26-7)21-16-25(6)17-24(21,5)10-3/h12,14-15,18,20-21H,8-11,13,16-17H2,1-7H3. The highest BCUT2D eigenvalue weighted by Gasteiger charge is 2.41. The van der Waals surface area contributed by atoms with Crippen molar-refractivity contribution in [1.29, 1.82) is 0 Å². The van der Waals surface area contributed by atoms with E-state index < -0.39 is 0 Å². The second-order valence-corrected chi connectivity index (χ2v) is 8.91. The van der Waals surface area contributed by atoms with Crippen LogP contribution in [0.15, 0.2) is 18.2 Å². The molecule has 4 atom stereocenters. The molecule has 1 saturated heterocycles. The molecule has 1 fully saturated rings. The van der Waals surface area contributed by atoms with E-state index in [4.69, 9.17) is 9.47 Å². The van der Waals surface area contributed by atoms with Crippen LogP contribution in [0.5, 0.6) is 11.5 Å². The van der Waals surface area contributed by atoms with Gasteiger partial charge in [-0.05, 0) is 61.8 Å². The van der Waals surface area contributed by atoms with Crippen molar-refractivity contribution in [3.8, 4) is 11.5 Å². The van der Waals surface area contributed by atoms with Gasteiger partial charge in [-0.25, -0.2) is 0 Å². The number of likely N-dealkylation sites (tertiary alicyclic amines) is 1. The Morgan fingerprint density at radius 2 is 1.89 bits per heavy atom. The van der Waals surface area contributed by atoms with Gasteiger partial charge in [0.25, 0.3) is 0 Å². The lowest BCUT2D eigenvalue weighted by atomic mass is 9.74. The fraction of sp³-hybridized carbons (Fsp3) is 0.750. The van der Waals surface area contributed by atoms with Crippen LogP contribution in [0, 0.1) is 11.3 Å². The molecule has 0 saturated carbocycles. The summed E-state index contributed by atoms with van der Waals surface area (Å²) in [4.78, 5) is 2.46. The van der Waals surface area contributed by atoms with Crippen molar-refractivity contribution >= 4 is 0 Å². The van der Waals surface area contributed by atoms with E-state index >= 15 is 0 Å². The molecule has 2 rings (SSSR count). The molecule has 1 aliphatic rings. The predicted octanol–water partition coefficient (Wildman–Crippen LogP) is 6.12. The molecule has 0 aliphatic carbocycles. The monoisotopic (exact) mass is 375 g/mol. The fourth-order valence-electron chi connectivity index (χ4n) is 4.39. The van der Waals surface area contributed by atoms with Gasteiger partial charge in [-0.1, -0.05) is 47.1 Å². The van der Waals surface area contributed by atoms with Crippen LogP contribution in [0.25, 0.3) is 0 Å². The van der Waals surface area contributed by atoms with E-state index in [0.717, 1.165) is 43.3 Å². The first kappa shape index (κ1) is 22.1. The molecule has 0 aromatic heterocycles. The van der Waals surface area contributed by atoms with Crippen molar-refractivity contribution in [3.63, 3.8) is 0 Å². The molecular formula is C24H41NO2. The largest absolute Gasteiger partial charge is 0.493 e. The number of methoxy groups -OCH3 is 1. The van der Waals surface area contributed by atoms with Gasteiger partial charge >= 0.3 is 0 Å². The maximum atomic E-state index is 6.47. The minimum atomic E-state index is 0.256. The average molecular weight is 376 g/mol. The second-order valence-electron chi connectivity index (χ2n) is 8.91. The summed E-state index contributed by atoms with van der Waals surface area (Å²) in [5.41, 5.74) is 1.71.